The summed E-state index contributed by atoms with van der Waals surface area (Å²) in [7, 11) is -3.73. The average molecular weight is 364 g/mol. The molecule has 0 unspecified atom stereocenters. The van der Waals surface area contributed by atoms with Crippen LogP contribution in [0.25, 0.3) is 10.9 Å². The number of benzene rings is 1. The second-order valence-corrected chi connectivity index (χ2v) is 8.19. The molecule has 6 nitrogen and oxygen atoms in total. The lowest BCUT2D eigenvalue weighted by Crippen LogP contribution is -2.13. The van der Waals surface area contributed by atoms with Gasteiger partial charge in [0.1, 0.15) is 9.90 Å². The minimum Gasteiger partial charge on any atom is -0.477 e. The summed E-state index contributed by atoms with van der Waals surface area (Å²) in [5, 5.41) is 11.6. The fraction of sp³-hybridized carbons (Fsp3) is 0.188. The molecule has 0 atom stereocenters. The van der Waals surface area contributed by atoms with Crippen LogP contribution >= 0.6 is 11.3 Å². The van der Waals surface area contributed by atoms with E-state index in [-0.39, 0.29) is 9.90 Å². The third kappa shape index (κ3) is 2.78. The van der Waals surface area contributed by atoms with E-state index in [0.717, 1.165) is 22.5 Å². The molecule has 1 aromatic carbocycles. The number of nitrogens with one attached hydrogen (secondary N) is 2. The van der Waals surface area contributed by atoms with Crippen LogP contribution in [0.3, 0.4) is 0 Å². The van der Waals surface area contributed by atoms with Crippen LogP contribution in [-0.4, -0.2) is 24.5 Å². The number of carboxylic acids is 1. The number of fused-ring (bicyclic) bond motifs is 1. The molecule has 0 aliphatic carbocycles. The first-order valence-electron chi connectivity index (χ1n) is 7.28. The SMILES string of the molecule is CCc1ccsc1S(=O)(=O)Nc1ccc(C)c2cc(C(=O)O)[nH]c12. The smallest absolute Gasteiger partial charge is 0.352 e. The predicted octanol–water partition coefficient (Wildman–Crippen LogP) is 3.60. The van der Waals surface area contributed by atoms with Crippen LogP contribution in [0, 0.1) is 6.92 Å². The highest BCUT2D eigenvalue weighted by molar-refractivity contribution is 7.94. The Morgan fingerprint density at radius 3 is 2.75 bits per heavy atom. The molecule has 0 saturated carbocycles. The molecule has 3 rings (SSSR count). The van der Waals surface area contributed by atoms with Gasteiger partial charge in [-0.05, 0) is 48.1 Å². The minimum atomic E-state index is -3.73. The van der Waals surface area contributed by atoms with E-state index in [0.29, 0.717) is 23.0 Å². The Morgan fingerprint density at radius 2 is 2.08 bits per heavy atom. The van der Waals surface area contributed by atoms with Crippen LogP contribution in [-0.2, 0) is 16.4 Å². The first kappa shape index (κ1) is 16.5. The van der Waals surface area contributed by atoms with Gasteiger partial charge < -0.3 is 10.1 Å². The topological polar surface area (TPSA) is 99.3 Å². The summed E-state index contributed by atoms with van der Waals surface area (Å²) in [6.45, 7) is 3.74. The van der Waals surface area contributed by atoms with E-state index in [4.69, 9.17) is 5.11 Å². The molecule has 126 valence electrons. The summed E-state index contributed by atoms with van der Waals surface area (Å²) >= 11 is 1.16. The number of sulfonamides is 1. The Labute approximate surface area is 143 Å². The molecule has 0 radical (unpaired) electrons. The zero-order valence-corrected chi connectivity index (χ0v) is 14.7. The van der Waals surface area contributed by atoms with Gasteiger partial charge in [0.2, 0.25) is 0 Å². The fourth-order valence-corrected chi connectivity index (χ4v) is 5.20. The highest BCUT2D eigenvalue weighted by Crippen LogP contribution is 2.31. The van der Waals surface area contributed by atoms with Crippen molar-refractivity contribution in [3.05, 3.63) is 46.5 Å². The molecule has 0 fully saturated rings. The van der Waals surface area contributed by atoms with Gasteiger partial charge in [0.05, 0.1) is 11.2 Å². The monoisotopic (exact) mass is 364 g/mol. The van der Waals surface area contributed by atoms with Crippen molar-refractivity contribution in [2.75, 3.05) is 4.72 Å². The van der Waals surface area contributed by atoms with E-state index in [1.54, 1.807) is 23.6 Å². The van der Waals surface area contributed by atoms with E-state index in [1.165, 1.54) is 6.07 Å². The standard InChI is InChI=1S/C16H16N2O4S2/c1-3-10-6-7-23-16(10)24(21,22)18-12-5-4-9(2)11-8-13(15(19)20)17-14(11)12/h4-8,17-18H,3H2,1-2H3,(H,19,20). The molecule has 0 amide bonds. The third-order valence-corrected chi connectivity index (χ3v) is 6.75. The summed E-state index contributed by atoms with van der Waals surface area (Å²) in [4.78, 5) is 14.0. The van der Waals surface area contributed by atoms with Crippen LogP contribution in [0.1, 0.15) is 28.5 Å². The number of anilines is 1. The number of carbonyl (C=O) groups is 1. The molecule has 0 aliphatic heterocycles. The van der Waals surface area contributed by atoms with Gasteiger partial charge in [0.15, 0.2) is 0 Å². The molecular formula is C16H16N2O4S2. The number of rotatable bonds is 5. The number of aromatic nitrogens is 1. The number of hydrogen-bond acceptors (Lipinski definition) is 4. The van der Waals surface area contributed by atoms with Crippen LogP contribution in [0.2, 0.25) is 0 Å². The van der Waals surface area contributed by atoms with Crippen LogP contribution in [0.15, 0.2) is 33.9 Å². The molecule has 3 N–H and O–H groups in total. The third-order valence-electron chi connectivity index (χ3n) is 3.82. The Balaban J connectivity index is 2.10. The summed E-state index contributed by atoms with van der Waals surface area (Å²) < 4.78 is 28.2. The van der Waals surface area contributed by atoms with Crippen molar-refractivity contribution in [2.45, 2.75) is 24.5 Å². The van der Waals surface area contributed by atoms with E-state index in [1.807, 2.05) is 13.8 Å². The lowest BCUT2D eigenvalue weighted by atomic mass is 10.1. The molecule has 3 aromatic rings. The molecule has 0 bridgehead atoms. The summed E-state index contributed by atoms with van der Waals surface area (Å²) in [6.07, 6.45) is 0.620. The number of aryl methyl sites for hydroxylation is 2. The van der Waals surface area contributed by atoms with E-state index >= 15 is 0 Å². The Morgan fingerprint density at radius 1 is 1.33 bits per heavy atom. The van der Waals surface area contributed by atoms with E-state index < -0.39 is 16.0 Å². The quantitative estimate of drug-likeness (QED) is 0.644. The highest BCUT2D eigenvalue weighted by Gasteiger charge is 2.21. The lowest BCUT2D eigenvalue weighted by Gasteiger charge is -2.10. The van der Waals surface area contributed by atoms with Crippen LogP contribution < -0.4 is 4.72 Å². The zero-order chi connectivity index (χ0) is 17.5. The molecular weight excluding hydrogens is 348 g/mol. The zero-order valence-electron chi connectivity index (χ0n) is 13.1. The van der Waals surface area contributed by atoms with Gasteiger partial charge in [-0.25, -0.2) is 13.2 Å². The van der Waals surface area contributed by atoms with Gasteiger partial charge in [0.25, 0.3) is 10.0 Å². The van der Waals surface area contributed by atoms with Crippen molar-refractivity contribution in [1.29, 1.82) is 0 Å². The molecule has 0 saturated heterocycles. The second kappa shape index (κ2) is 5.95. The second-order valence-electron chi connectivity index (χ2n) is 5.40. The molecule has 8 heteroatoms. The number of thiophene rings is 1. The van der Waals surface area contributed by atoms with Crippen molar-refractivity contribution in [1.82, 2.24) is 4.98 Å². The van der Waals surface area contributed by atoms with Gasteiger partial charge in [-0.1, -0.05) is 13.0 Å². The Hall–Kier alpha value is -2.32. The number of carboxylic acid groups (broad SMARTS) is 1. The number of aromatic carboxylic acids is 1. The summed E-state index contributed by atoms with van der Waals surface area (Å²) in [5.41, 5.74) is 2.44. The van der Waals surface area contributed by atoms with Crippen molar-refractivity contribution < 1.29 is 18.3 Å². The molecule has 0 aliphatic rings. The molecule has 24 heavy (non-hydrogen) atoms. The maximum absolute atomic E-state index is 12.7. The summed E-state index contributed by atoms with van der Waals surface area (Å²) in [6, 6.07) is 6.69. The van der Waals surface area contributed by atoms with Crippen molar-refractivity contribution in [3.8, 4) is 0 Å². The maximum atomic E-state index is 12.7. The lowest BCUT2D eigenvalue weighted by molar-refractivity contribution is 0.0691. The number of hydrogen-bond donors (Lipinski definition) is 3. The van der Waals surface area contributed by atoms with Gasteiger partial charge in [-0.2, -0.15) is 0 Å². The molecule has 2 heterocycles. The molecule has 2 aromatic heterocycles. The van der Waals surface area contributed by atoms with Gasteiger partial charge in [-0.3, -0.25) is 4.72 Å². The van der Waals surface area contributed by atoms with Crippen molar-refractivity contribution in [3.63, 3.8) is 0 Å². The van der Waals surface area contributed by atoms with Gasteiger partial charge >= 0.3 is 5.97 Å². The van der Waals surface area contributed by atoms with Crippen LogP contribution in [0.5, 0.6) is 0 Å². The van der Waals surface area contributed by atoms with Crippen molar-refractivity contribution >= 4 is 43.9 Å². The first-order valence-corrected chi connectivity index (χ1v) is 9.64. The normalized spacial score (nSPS) is 11.8. The minimum absolute atomic E-state index is 0.0186. The van der Waals surface area contributed by atoms with Gasteiger partial charge in [0, 0.05) is 5.39 Å². The predicted molar refractivity (Wildman–Crippen MR) is 94.5 cm³/mol. The molecule has 0 spiro atoms. The van der Waals surface area contributed by atoms with Crippen molar-refractivity contribution in [2.24, 2.45) is 0 Å². The average Bonchev–Trinajstić information content (AvgIpc) is 3.16. The van der Waals surface area contributed by atoms with Crippen LogP contribution in [0.4, 0.5) is 5.69 Å². The number of aromatic amines is 1. The summed E-state index contributed by atoms with van der Waals surface area (Å²) in [5.74, 6) is -1.09. The number of H-pyrrole nitrogens is 1. The fourth-order valence-electron chi connectivity index (χ4n) is 2.57. The first-order chi connectivity index (χ1) is 11.3. The van der Waals surface area contributed by atoms with Gasteiger partial charge in [-0.15, -0.1) is 11.3 Å². The Kier molecular flexibility index (Phi) is 4.10. The van der Waals surface area contributed by atoms with E-state index in [2.05, 4.69) is 9.71 Å². The highest BCUT2D eigenvalue weighted by atomic mass is 32.2. The Bertz CT molecular complexity index is 1030. The largest absolute Gasteiger partial charge is 0.477 e. The van der Waals surface area contributed by atoms with E-state index in [9.17, 15) is 13.2 Å². The maximum Gasteiger partial charge on any atom is 0.352 e.